The van der Waals surface area contributed by atoms with Gasteiger partial charge in [0, 0.05) is 24.7 Å². The first-order chi connectivity index (χ1) is 7.31. The molecule has 1 unspecified atom stereocenters. The Bertz CT molecular complexity index is 341. The van der Waals surface area contributed by atoms with E-state index in [2.05, 4.69) is 23.4 Å². The van der Waals surface area contributed by atoms with Crippen LogP contribution in [-0.4, -0.2) is 9.55 Å². The molecule has 0 aliphatic carbocycles. The highest BCUT2D eigenvalue weighted by Crippen LogP contribution is 2.31. The molecule has 0 radical (unpaired) electrons. The Balaban J connectivity index is 2.47. The summed E-state index contributed by atoms with van der Waals surface area (Å²) in [5.41, 5.74) is 8.29. The van der Waals surface area contributed by atoms with Crippen LogP contribution in [0.15, 0.2) is 0 Å². The Labute approximate surface area is 91.7 Å². The molecule has 0 bridgehead atoms. The highest BCUT2D eigenvalue weighted by atomic mass is 15.1. The van der Waals surface area contributed by atoms with Crippen LogP contribution in [0, 0.1) is 0 Å². The molecular weight excluding hydrogens is 186 g/mol. The van der Waals surface area contributed by atoms with Gasteiger partial charge in [-0.15, -0.1) is 0 Å². The van der Waals surface area contributed by atoms with E-state index in [1.54, 1.807) is 0 Å². The molecule has 2 heterocycles. The number of rotatable bonds is 3. The van der Waals surface area contributed by atoms with E-state index in [9.17, 15) is 0 Å². The molecule has 15 heavy (non-hydrogen) atoms. The Morgan fingerprint density at radius 1 is 1.47 bits per heavy atom. The highest BCUT2D eigenvalue weighted by Gasteiger charge is 2.24. The second kappa shape index (κ2) is 4.35. The zero-order valence-corrected chi connectivity index (χ0v) is 9.79. The van der Waals surface area contributed by atoms with Crippen molar-refractivity contribution in [3.05, 3.63) is 17.2 Å². The van der Waals surface area contributed by atoms with Gasteiger partial charge in [0.1, 0.15) is 5.82 Å². The standard InChI is InChI=1S/C12H21N3/c1-3-9-6-5-7-11-10(8-13)14-12(4-2)15(9)11/h9H,3-8,13H2,1-2H3. The minimum absolute atomic E-state index is 0.589. The van der Waals surface area contributed by atoms with E-state index in [1.165, 1.54) is 30.8 Å². The maximum absolute atomic E-state index is 5.75. The summed E-state index contributed by atoms with van der Waals surface area (Å²) in [6.45, 7) is 5.03. The fraction of sp³-hybridized carbons (Fsp3) is 0.750. The molecule has 3 nitrogen and oxygen atoms in total. The van der Waals surface area contributed by atoms with E-state index in [0.29, 0.717) is 12.6 Å². The van der Waals surface area contributed by atoms with Crippen LogP contribution in [0.1, 0.15) is 56.4 Å². The van der Waals surface area contributed by atoms with Crippen LogP contribution >= 0.6 is 0 Å². The van der Waals surface area contributed by atoms with Crippen molar-refractivity contribution < 1.29 is 0 Å². The molecule has 84 valence electrons. The number of nitrogens with two attached hydrogens (primary N) is 1. The van der Waals surface area contributed by atoms with Gasteiger partial charge in [-0.3, -0.25) is 0 Å². The van der Waals surface area contributed by atoms with Crippen LogP contribution in [0.5, 0.6) is 0 Å². The zero-order valence-electron chi connectivity index (χ0n) is 9.79. The average Bonchev–Trinajstić information content (AvgIpc) is 2.66. The largest absolute Gasteiger partial charge is 0.329 e. The van der Waals surface area contributed by atoms with Gasteiger partial charge in [-0.2, -0.15) is 0 Å². The zero-order chi connectivity index (χ0) is 10.8. The number of aryl methyl sites for hydroxylation is 1. The molecule has 0 fully saturated rings. The van der Waals surface area contributed by atoms with Crippen LogP contribution in [0.2, 0.25) is 0 Å². The summed E-state index contributed by atoms with van der Waals surface area (Å²) in [6.07, 6.45) is 5.98. The van der Waals surface area contributed by atoms with Crippen molar-refractivity contribution in [1.29, 1.82) is 0 Å². The van der Waals surface area contributed by atoms with Gasteiger partial charge >= 0.3 is 0 Å². The second-order valence-electron chi connectivity index (χ2n) is 4.30. The van der Waals surface area contributed by atoms with E-state index >= 15 is 0 Å². The lowest BCUT2D eigenvalue weighted by Gasteiger charge is -2.26. The molecule has 1 aliphatic heterocycles. The van der Waals surface area contributed by atoms with Gasteiger partial charge in [-0.25, -0.2) is 4.98 Å². The fourth-order valence-electron chi connectivity index (χ4n) is 2.70. The number of hydrogen-bond donors (Lipinski definition) is 1. The average molecular weight is 207 g/mol. The van der Waals surface area contributed by atoms with Crippen molar-refractivity contribution in [3.8, 4) is 0 Å². The Morgan fingerprint density at radius 3 is 2.87 bits per heavy atom. The molecule has 2 rings (SSSR count). The molecule has 1 aromatic rings. The number of aromatic nitrogens is 2. The first-order valence-electron chi connectivity index (χ1n) is 6.10. The van der Waals surface area contributed by atoms with Crippen LogP contribution in [0.4, 0.5) is 0 Å². The third-order valence-electron chi connectivity index (χ3n) is 3.46. The van der Waals surface area contributed by atoms with E-state index < -0.39 is 0 Å². The lowest BCUT2D eigenvalue weighted by molar-refractivity contribution is 0.380. The Hall–Kier alpha value is -0.830. The molecule has 3 heteroatoms. The summed E-state index contributed by atoms with van der Waals surface area (Å²) < 4.78 is 2.46. The first-order valence-corrected chi connectivity index (χ1v) is 6.10. The van der Waals surface area contributed by atoms with Crippen molar-refractivity contribution in [2.75, 3.05) is 0 Å². The van der Waals surface area contributed by atoms with Crippen molar-refractivity contribution in [3.63, 3.8) is 0 Å². The maximum Gasteiger partial charge on any atom is 0.109 e. The van der Waals surface area contributed by atoms with E-state index in [-0.39, 0.29) is 0 Å². The van der Waals surface area contributed by atoms with Crippen LogP contribution in [0.25, 0.3) is 0 Å². The Kier molecular flexibility index (Phi) is 3.10. The SMILES string of the molecule is CCc1nc(CN)c2n1C(CC)CCC2. The van der Waals surface area contributed by atoms with E-state index in [0.717, 1.165) is 18.5 Å². The first kappa shape index (κ1) is 10.7. The van der Waals surface area contributed by atoms with Crippen molar-refractivity contribution >= 4 is 0 Å². The minimum Gasteiger partial charge on any atom is -0.329 e. The summed E-state index contributed by atoms with van der Waals surface area (Å²) >= 11 is 0. The van der Waals surface area contributed by atoms with Crippen molar-refractivity contribution in [2.24, 2.45) is 5.73 Å². The lowest BCUT2D eigenvalue weighted by atomic mass is 9.99. The Morgan fingerprint density at radius 2 is 2.27 bits per heavy atom. The van der Waals surface area contributed by atoms with Gasteiger partial charge in [0.05, 0.1) is 5.69 Å². The van der Waals surface area contributed by atoms with Gasteiger partial charge in [0.15, 0.2) is 0 Å². The number of fused-ring (bicyclic) bond motifs is 1. The molecule has 0 spiro atoms. The normalized spacial score (nSPS) is 20.3. The van der Waals surface area contributed by atoms with E-state index in [4.69, 9.17) is 5.73 Å². The summed E-state index contributed by atoms with van der Waals surface area (Å²) in [5, 5.41) is 0. The quantitative estimate of drug-likeness (QED) is 0.825. The van der Waals surface area contributed by atoms with Crippen molar-refractivity contribution in [2.45, 2.75) is 58.5 Å². The smallest absolute Gasteiger partial charge is 0.109 e. The third-order valence-corrected chi connectivity index (χ3v) is 3.46. The summed E-state index contributed by atoms with van der Waals surface area (Å²) in [6, 6.07) is 0.663. The number of imidazole rings is 1. The summed E-state index contributed by atoms with van der Waals surface area (Å²) in [4.78, 5) is 4.66. The van der Waals surface area contributed by atoms with Gasteiger partial charge in [-0.1, -0.05) is 13.8 Å². The highest BCUT2D eigenvalue weighted by molar-refractivity contribution is 5.20. The van der Waals surface area contributed by atoms with Crippen LogP contribution in [-0.2, 0) is 19.4 Å². The van der Waals surface area contributed by atoms with Gasteiger partial charge in [0.2, 0.25) is 0 Å². The molecule has 0 aromatic carbocycles. The third kappa shape index (κ3) is 1.69. The molecule has 1 atom stereocenters. The minimum atomic E-state index is 0.589. The summed E-state index contributed by atoms with van der Waals surface area (Å²) in [7, 11) is 0. The molecule has 1 aliphatic rings. The predicted octanol–water partition coefficient (Wildman–Crippen LogP) is 2.19. The topological polar surface area (TPSA) is 43.8 Å². The fourth-order valence-corrected chi connectivity index (χ4v) is 2.70. The van der Waals surface area contributed by atoms with Crippen LogP contribution < -0.4 is 5.73 Å². The molecule has 0 saturated heterocycles. The van der Waals surface area contributed by atoms with Crippen LogP contribution in [0.3, 0.4) is 0 Å². The van der Waals surface area contributed by atoms with E-state index in [1.807, 2.05) is 0 Å². The number of hydrogen-bond acceptors (Lipinski definition) is 2. The molecule has 0 saturated carbocycles. The van der Waals surface area contributed by atoms with Gasteiger partial charge in [0.25, 0.3) is 0 Å². The maximum atomic E-state index is 5.75. The van der Waals surface area contributed by atoms with Gasteiger partial charge < -0.3 is 10.3 Å². The van der Waals surface area contributed by atoms with Crippen molar-refractivity contribution in [1.82, 2.24) is 9.55 Å². The molecule has 0 amide bonds. The monoisotopic (exact) mass is 207 g/mol. The number of nitrogens with zero attached hydrogens (tertiary/aromatic N) is 2. The second-order valence-corrected chi connectivity index (χ2v) is 4.30. The predicted molar refractivity (Wildman–Crippen MR) is 61.8 cm³/mol. The molecule has 2 N–H and O–H groups in total. The molecular formula is C12H21N3. The summed E-state index contributed by atoms with van der Waals surface area (Å²) in [5.74, 6) is 1.23. The van der Waals surface area contributed by atoms with Gasteiger partial charge in [-0.05, 0) is 25.7 Å². The molecule has 1 aromatic heterocycles. The lowest BCUT2D eigenvalue weighted by Crippen LogP contribution is -2.19.